The molecule has 7 heteroatoms. The standard InChI is InChI=1S/C16H18ClN5O/c1-11(2)22(8-12-7-18-10-19-12)9-15-20-21-16(23-15)13-5-3-4-6-14(13)17/h3-7,10-11H,8-9H2,1-2H3,(H,18,19). The Morgan fingerprint density at radius 2 is 2.04 bits per heavy atom. The minimum atomic E-state index is 0.328. The molecular formula is C16H18ClN5O. The van der Waals surface area contributed by atoms with E-state index in [0.717, 1.165) is 17.8 Å². The van der Waals surface area contributed by atoms with Crippen LogP contribution < -0.4 is 0 Å². The predicted octanol–water partition coefficient (Wildman–Crippen LogP) is 3.52. The van der Waals surface area contributed by atoms with E-state index in [1.165, 1.54) is 0 Å². The molecule has 0 aliphatic heterocycles. The van der Waals surface area contributed by atoms with Crippen LogP contribution in [0.3, 0.4) is 0 Å². The molecule has 0 saturated heterocycles. The molecule has 0 fully saturated rings. The van der Waals surface area contributed by atoms with E-state index in [2.05, 4.69) is 38.9 Å². The lowest BCUT2D eigenvalue weighted by molar-refractivity contribution is 0.182. The molecule has 2 heterocycles. The van der Waals surface area contributed by atoms with Gasteiger partial charge in [0.2, 0.25) is 11.8 Å². The Morgan fingerprint density at radius 1 is 1.22 bits per heavy atom. The zero-order chi connectivity index (χ0) is 16.2. The van der Waals surface area contributed by atoms with Crippen molar-refractivity contribution >= 4 is 11.6 Å². The van der Waals surface area contributed by atoms with Crippen molar-refractivity contribution in [2.75, 3.05) is 0 Å². The van der Waals surface area contributed by atoms with Gasteiger partial charge in [-0.1, -0.05) is 23.7 Å². The summed E-state index contributed by atoms with van der Waals surface area (Å²) < 4.78 is 5.78. The average Bonchev–Trinajstić information content (AvgIpc) is 3.19. The quantitative estimate of drug-likeness (QED) is 0.748. The Morgan fingerprint density at radius 3 is 2.74 bits per heavy atom. The Balaban J connectivity index is 1.75. The summed E-state index contributed by atoms with van der Waals surface area (Å²) in [5, 5.41) is 8.85. The number of nitrogens with zero attached hydrogens (tertiary/aromatic N) is 4. The third kappa shape index (κ3) is 3.78. The summed E-state index contributed by atoms with van der Waals surface area (Å²) in [4.78, 5) is 9.38. The molecule has 0 saturated carbocycles. The van der Waals surface area contributed by atoms with E-state index in [0.29, 0.717) is 29.4 Å². The van der Waals surface area contributed by atoms with Gasteiger partial charge in [-0.3, -0.25) is 4.90 Å². The van der Waals surface area contributed by atoms with E-state index >= 15 is 0 Å². The van der Waals surface area contributed by atoms with Gasteiger partial charge in [0, 0.05) is 24.5 Å². The molecule has 0 amide bonds. The number of hydrogen-bond donors (Lipinski definition) is 1. The van der Waals surface area contributed by atoms with E-state index in [-0.39, 0.29) is 0 Å². The van der Waals surface area contributed by atoms with Crippen molar-refractivity contribution in [1.29, 1.82) is 0 Å². The van der Waals surface area contributed by atoms with Crippen molar-refractivity contribution < 1.29 is 4.42 Å². The summed E-state index contributed by atoms with van der Waals surface area (Å²) in [7, 11) is 0. The van der Waals surface area contributed by atoms with Gasteiger partial charge in [0.25, 0.3) is 0 Å². The average molecular weight is 332 g/mol. The van der Waals surface area contributed by atoms with Gasteiger partial charge in [-0.25, -0.2) is 4.98 Å². The third-order valence-corrected chi connectivity index (χ3v) is 3.90. The highest BCUT2D eigenvalue weighted by atomic mass is 35.5. The highest BCUT2D eigenvalue weighted by Crippen LogP contribution is 2.26. The molecule has 120 valence electrons. The molecule has 2 aromatic heterocycles. The van der Waals surface area contributed by atoms with Gasteiger partial charge in [0.1, 0.15) is 0 Å². The first kappa shape index (κ1) is 15.7. The van der Waals surface area contributed by atoms with E-state index in [9.17, 15) is 0 Å². The minimum Gasteiger partial charge on any atom is -0.419 e. The first-order valence-corrected chi connectivity index (χ1v) is 7.80. The smallest absolute Gasteiger partial charge is 0.249 e. The maximum Gasteiger partial charge on any atom is 0.249 e. The van der Waals surface area contributed by atoms with Crippen molar-refractivity contribution in [2.45, 2.75) is 33.0 Å². The van der Waals surface area contributed by atoms with Gasteiger partial charge < -0.3 is 9.40 Å². The molecule has 1 N–H and O–H groups in total. The molecule has 0 atom stereocenters. The zero-order valence-corrected chi connectivity index (χ0v) is 13.8. The summed E-state index contributed by atoms with van der Waals surface area (Å²) in [6, 6.07) is 7.76. The number of H-pyrrole nitrogens is 1. The van der Waals surface area contributed by atoms with Crippen LogP contribution in [-0.4, -0.2) is 31.1 Å². The van der Waals surface area contributed by atoms with Crippen molar-refractivity contribution in [3.05, 3.63) is 53.4 Å². The van der Waals surface area contributed by atoms with Crippen LogP contribution in [0.4, 0.5) is 0 Å². The molecule has 1 aromatic carbocycles. The van der Waals surface area contributed by atoms with Crippen LogP contribution in [-0.2, 0) is 13.1 Å². The van der Waals surface area contributed by atoms with Crippen molar-refractivity contribution in [2.24, 2.45) is 0 Å². The van der Waals surface area contributed by atoms with Crippen molar-refractivity contribution in [1.82, 2.24) is 25.1 Å². The zero-order valence-electron chi connectivity index (χ0n) is 13.0. The Labute approximate surface area is 139 Å². The number of rotatable bonds is 6. The van der Waals surface area contributed by atoms with Crippen LogP contribution in [0.2, 0.25) is 5.02 Å². The molecule has 23 heavy (non-hydrogen) atoms. The molecule has 3 aromatic rings. The maximum atomic E-state index is 6.17. The lowest BCUT2D eigenvalue weighted by Gasteiger charge is -2.23. The lowest BCUT2D eigenvalue weighted by atomic mass is 10.2. The molecule has 0 radical (unpaired) electrons. The lowest BCUT2D eigenvalue weighted by Crippen LogP contribution is -2.30. The second-order valence-electron chi connectivity index (χ2n) is 5.56. The number of aromatic nitrogens is 4. The first-order chi connectivity index (χ1) is 11.1. The molecule has 0 aliphatic carbocycles. The number of halogens is 1. The molecule has 6 nitrogen and oxygen atoms in total. The van der Waals surface area contributed by atoms with E-state index < -0.39 is 0 Å². The molecule has 3 rings (SSSR count). The van der Waals surface area contributed by atoms with Gasteiger partial charge in [0.15, 0.2) is 0 Å². The number of benzene rings is 1. The normalized spacial score (nSPS) is 11.5. The van der Waals surface area contributed by atoms with Gasteiger partial charge in [-0.05, 0) is 26.0 Å². The van der Waals surface area contributed by atoms with Gasteiger partial charge >= 0.3 is 0 Å². The highest BCUT2D eigenvalue weighted by molar-refractivity contribution is 6.33. The van der Waals surface area contributed by atoms with Crippen LogP contribution in [0.5, 0.6) is 0 Å². The number of nitrogens with one attached hydrogen (secondary N) is 1. The molecule has 0 unspecified atom stereocenters. The van der Waals surface area contributed by atoms with Crippen molar-refractivity contribution in [3.63, 3.8) is 0 Å². The highest BCUT2D eigenvalue weighted by Gasteiger charge is 2.17. The summed E-state index contributed by atoms with van der Waals surface area (Å²) in [5.41, 5.74) is 1.79. The van der Waals surface area contributed by atoms with Crippen LogP contribution in [0.15, 0.2) is 41.2 Å². The number of aromatic amines is 1. The van der Waals surface area contributed by atoms with E-state index in [1.54, 1.807) is 12.4 Å². The molecule has 0 bridgehead atoms. The summed E-state index contributed by atoms with van der Waals surface area (Å²) in [5.74, 6) is 1.00. The topological polar surface area (TPSA) is 70.8 Å². The van der Waals surface area contributed by atoms with Crippen LogP contribution in [0, 0.1) is 0 Å². The largest absolute Gasteiger partial charge is 0.419 e. The summed E-state index contributed by atoms with van der Waals surface area (Å²) in [6.07, 6.45) is 3.49. The Bertz CT molecular complexity index is 753. The Hall–Kier alpha value is -2.18. The maximum absolute atomic E-state index is 6.17. The fourth-order valence-corrected chi connectivity index (χ4v) is 2.46. The van der Waals surface area contributed by atoms with Crippen molar-refractivity contribution in [3.8, 4) is 11.5 Å². The fraction of sp³-hybridized carbons (Fsp3) is 0.312. The monoisotopic (exact) mass is 331 g/mol. The van der Waals surface area contributed by atoms with E-state index in [1.807, 2.05) is 24.4 Å². The second kappa shape index (κ2) is 6.93. The van der Waals surface area contributed by atoms with Crippen LogP contribution >= 0.6 is 11.6 Å². The SMILES string of the molecule is CC(C)N(Cc1cnc[nH]1)Cc1nnc(-c2ccccc2Cl)o1. The van der Waals surface area contributed by atoms with Gasteiger partial charge in [0.05, 0.1) is 23.5 Å². The Kier molecular flexibility index (Phi) is 4.73. The van der Waals surface area contributed by atoms with Gasteiger partial charge in [-0.2, -0.15) is 0 Å². The summed E-state index contributed by atoms with van der Waals surface area (Å²) >= 11 is 6.17. The molecular weight excluding hydrogens is 314 g/mol. The first-order valence-electron chi connectivity index (χ1n) is 7.42. The molecule has 0 spiro atoms. The number of hydrogen-bond acceptors (Lipinski definition) is 5. The third-order valence-electron chi connectivity index (χ3n) is 3.57. The number of imidazole rings is 1. The van der Waals surface area contributed by atoms with E-state index in [4.69, 9.17) is 16.0 Å². The molecule has 0 aliphatic rings. The fourth-order valence-electron chi connectivity index (χ4n) is 2.25. The van der Waals surface area contributed by atoms with Crippen LogP contribution in [0.25, 0.3) is 11.5 Å². The predicted molar refractivity (Wildman–Crippen MR) is 87.7 cm³/mol. The summed E-state index contributed by atoms with van der Waals surface area (Å²) in [6.45, 7) is 5.55. The van der Waals surface area contributed by atoms with Crippen LogP contribution in [0.1, 0.15) is 25.4 Å². The van der Waals surface area contributed by atoms with Gasteiger partial charge in [-0.15, -0.1) is 10.2 Å². The second-order valence-corrected chi connectivity index (χ2v) is 5.96. The minimum absolute atomic E-state index is 0.328.